The summed E-state index contributed by atoms with van der Waals surface area (Å²) >= 11 is 5.73. The Morgan fingerprint density at radius 1 is 1.40 bits per heavy atom. The van der Waals surface area contributed by atoms with Gasteiger partial charge in [-0.25, -0.2) is 9.67 Å². The van der Waals surface area contributed by atoms with Crippen LogP contribution in [-0.2, 0) is 6.18 Å². The van der Waals surface area contributed by atoms with Crippen molar-refractivity contribution in [2.75, 3.05) is 0 Å². The molecule has 2 aromatic heterocycles. The Hall–Kier alpha value is -2.40. The van der Waals surface area contributed by atoms with E-state index < -0.39 is 11.7 Å². The summed E-state index contributed by atoms with van der Waals surface area (Å²) < 4.78 is 38.4. The van der Waals surface area contributed by atoms with E-state index in [0.29, 0.717) is 18.5 Å². The minimum absolute atomic E-state index is 0.0298. The van der Waals surface area contributed by atoms with Crippen molar-refractivity contribution in [2.24, 2.45) is 0 Å². The van der Waals surface area contributed by atoms with E-state index >= 15 is 0 Å². The van der Waals surface area contributed by atoms with E-state index in [4.69, 9.17) is 16.9 Å². The smallest absolute Gasteiger partial charge is 0.296 e. The van der Waals surface area contributed by atoms with Gasteiger partial charge in [-0.2, -0.15) is 23.5 Å². The lowest BCUT2D eigenvalue weighted by atomic mass is 10.2. The highest BCUT2D eigenvalue weighted by atomic mass is 35.5. The zero-order chi connectivity index (χ0) is 14.9. The maximum Gasteiger partial charge on any atom is 0.417 e. The zero-order valence-corrected chi connectivity index (χ0v) is 10.3. The molecule has 102 valence electrons. The zero-order valence-electron chi connectivity index (χ0n) is 9.52. The Bertz CT molecular complexity index is 717. The molecule has 0 unspecified atom stereocenters. The van der Waals surface area contributed by atoms with Crippen molar-refractivity contribution in [3.05, 3.63) is 40.3 Å². The van der Waals surface area contributed by atoms with Crippen LogP contribution < -0.4 is 0 Å². The number of pyridine rings is 1. The van der Waals surface area contributed by atoms with Gasteiger partial charge in [0.05, 0.1) is 16.8 Å². The van der Waals surface area contributed by atoms with Crippen molar-refractivity contribution in [1.29, 1.82) is 5.26 Å². The normalized spacial score (nSPS) is 11.2. The predicted molar refractivity (Wildman–Crippen MR) is 61.5 cm³/mol. The molecule has 0 aromatic carbocycles. The molecule has 2 heterocycles. The lowest BCUT2D eigenvalue weighted by molar-refractivity contribution is -0.137. The average molecular weight is 301 g/mol. The van der Waals surface area contributed by atoms with Crippen molar-refractivity contribution in [1.82, 2.24) is 14.8 Å². The molecule has 20 heavy (non-hydrogen) atoms. The number of nitriles is 1. The fourth-order valence-electron chi connectivity index (χ4n) is 1.47. The number of aromatic nitrogens is 3. The molecule has 0 radical (unpaired) electrons. The number of alkyl halides is 3. The van der Waals surface area contributed by atoms with E-state index in [2.05, 4.69) is 10.1 Å². The van der Waals surface area contributed by atoms with Crippen molar-refractivity contribution in [3.8, 4) is 11.9 Å². The largest absolute Gasteiger partial charge is 0.417 e. The van der Waals surface area contributed by atoms with Gasteiger partial charge >= 0.3 is 6.18 Å². The van der Waals surface area contributed by atoms with Crippen LogP contribution in [0.4, 0.5) is 13.2 Å². The highest BCUT2D eigenvalue weighted by Gasteiger charge is 2.32. The van der Waals surface area contributed by atoms with E-state index in [1.165, 1.54) is 0 Å². The van der Waals surface area contributed by atoms with Gasteiger partial charge < -0.3 is 0 Å². The van der Waals surface area contributed by atoms with Gasteiger partial charge in [-0.1, -0.05) is 11.6 Å². The lowest BCUT2D eigenvalue weighted by Crippen LogP contribution is -2.09. The fraction of sp³-hybridized carbons (Fsp3) is 0.0909. The summed E-state index contributed by atoms with van der Waals surface area (Å²) in [7, 11) is 0. The topological polar surface area (TPSA) is 71.6 Å². The molecule has 2 rings (SSSR count). The summed E-state index contributed by atoms with van der Waals surface area (Å²) in [6.45, 7) is 0. The molecule has 0 saturated heterocycles. The molecule has 0 bridgehead atoms. The fourth-order valence-corrected chi connectivity index (χ4v) is 1.71. The second-order valence-electron chi connectivity index (χ2n) is 3.61. The van der Waals surface area contributed by atoms with Gasteiger partial charge in [0.25, 0.3) is 0 Å². The van der Waals surface area contributed by atoms with Crippen LogP contribution in [0.25, 0.3) is 5.82 Å². The number of halogens is 4. The van der Waals surface area contributed by atoms with Gasteiger partial charge in [-0.05, 0) is 6.07 Å². The molecule has 2 aromatic rings. The van der Waals surface area contributed by atoms with E-state index in [0.717, 1.165) is 10.9 Å². The van der Waals surface area contributed by atoms with Crippen LogP contribution in [0.1, 0.15) is 21.6 Å². The predicted octanol–water partition coefficient (Wildman–Crippen LogP) is 2.62. The summed E-state index contributed by atoms with van der Waals surface area (Å²) in [5, 5.41) is 12.1. The third kappa shape index (κ3) is 2.35. The molecular formula is C11H4ClF3N4O. The number of hydrogen-bond donors (Lipinski definition) is 0. The van der Waals surface area contributed by atoms with Gasteiger partial charge in [0.2, 0.25) is 0 Å². The summed E-state index contributed by atoms with van der Waals surface area (Å²) in [5.41, 5.74) is -1.19. The third-order valence-corrected chi connectivity index (χ3v) is 2.67. The Morgan fingerprint density at radius 2 is 2.10 bits per heavy atom. The van der Waals surface area contributed by atoms with Crippen LogP contribution in [-0.4, -0.2) is 21.1 Å². The highest BCUT2D eigenvalue weighted by molar-refractivity contribution is 6.32. The first-order valence-electron chi connectivity index (χ1n) is 5.05. The monoisotopic (exact) mass is 300 g/mol. The molecule has 0 amide bonds. The molecule has 0 N–H and O–H groups in total. The number of hydrogen-bond acceptors (Lipinski definition) is 4. The maximum absolute atomic E-state index is 12.5. The number of carbonyl (C=O) groups is 1. The third-order valence-electron chi connectivity index (χ3n) is 2.39. The van der Waals surface area contributed by atoms with Crippen molar-refractivity contribution in [2.45, 2.75) is 6.18 Å². The molecular weight excluding hydrogens is 297 g/mol. The van der Waals surface area contributed by atoms with Crippen LogP contribution >= 0.6 is 11.6 Å². The van der Waals surface area contributed by atoms with Crippen molar-refractivity contribution < 1.29 is 18.0 Å². The maximum atomic E-state index is 12.5. The van der Waals surface area contributed by atoms with Gasteiger partial charge in [-0.3, -0.25) is 4.79 Å². The minimum Gasteiger partial charge on any atom is -0.296 e. The first-order chi connectivity index (χ1) is 9.38. The minimum atomic E-state index is -4.58. The first kappa shape index (κ1) is 14.0. The molecule has 0 aliphatic rings. The Labute approximate surface area is 115 Å². The van der Waals surface area contributed by atoms with Crippen molar-refractivity contribution in [3.63, 3.8) is 0 Å². The van der Waals surface area contributed by atoms with E-state index in [1.54, 1.807) is 6.07 Å². The van der Waals surface area contributed by atoms with Gasteiger partial charge in [-0.15, -0.1) is 0 Å². The van der Waals surface area contributed by atoms with Crippen LogP contribution in [0.3, 0.4) is 0 Å². The Balaban J connectivity index is 2.58. The lowest BCUT2D eigenvalue weighted by Gasteiger charge is -2.09. The first-order valence-corrected chi connectivity index (χ1v) is 5.42. The van der Waals surface area contributed by atoms with Crippen LogP contribution in [0.2, 0.25) is 5.02 Å². The summed E-state index contributed by atoms with van der Waals surface area (Å²) in [6, 6.07) is 2.40. The Kier molecular flexibility index (Phi) is 3.46. The van der Waals surface area contributed by atoms with Crippen molar-refractivity contribution >= 4 is 17.9 Å². The number of carbonyl (C=O) groups excluding carboxylic acids is 1. The molecule has 0 aliphatic carbocycles. The Morgan fingerprint density at radius 3 is 2.60 bits per heavy atom. The molecule has 0 aliphatic heterocycles. The van der Waals surface area contributed by atoms with Gasteiger partial charge in [0, 0.05) is 6.20 Å². The molecule has 5 nitrogen and oxygen atoms in total. The van der Waals surface area contributed by atoms with E-state index in [1.807, 2.05) is 0 Å². The molecule has 0 saturated carbocycles. The summed E-state index contributed by atoms with van der Waals surface area (Å²) in [6.07, 6.45) is -2.56. The van der Waals surface area contributed by atoms with Crippen LogP contribution in [0, 0.1) is 11.3 Å². The molecule has 0 atom stereocenters. The molecule has 9 heteroatoms. The van der Waals surface area contributed by atoms with Crippen LogP contribution in [0.15, 0.2) is 18.5 Å². The van der Waals surface area contributed by atoms with Gasteiger partial charge in [0.1, 0.15) is 17.3 Å². The summed E-state index contributed by atoms with van der Waals surface area (Å²) in [4.78, 5) is 14.5. The average Bonchev–Trinajstić information content (AvgIpc) is 2.80. The number of nitrogens with zero attached hydrogens (tertiary/aromatic N) is 4. The standard InChI is InChI=1S/C11H4ClF3N4O/c12-8-1-7(11(13,14)15)4-17-10(8)19-9(5-20)6(2-16)3-18-19/h1,3-5H. The van der Waals surface area contributed by atoms with Gasteiger partial charge in [0.15, 0.2) is 12.1 Å². The van der Waals surface area contributed by atoms with E-state index in [-0.39, 0.29) is 22.1 Å². The second-order valence-corrected chi connectivity index (χ2v) is 4.02. The molecule has 0 fully saturated rings. The second kappa shape index (κ2) is 4.94. The van der Waals surface area contributed by atoms with Crippen LogP contribution in [0.5, 0.6) is 0 Å². The SMILES string of the molecule is N#Cc1cnn(-c2ncc(C(F)(F)F)cc2Cl)c1C=O. The quantitative estimate of drug-likeness (QED) is 0.799. The molecule has 0 spiro atoms. The summed E-state index contributed by atoms with van der Waals surface area (Å²) in [5.74, 6) is -0.164. The number of rotatable bonds is 2. The van der Waals surface area contributed by atoms with E-state index in [9.17, 15) is 18.0 Å². The highest BCUT2D eigenvalue weighted by Crippen LogP contribution is 2.32. The number of aldehydes is 1.